The molecule has 0 aliphatic carbocycles. The van der Waals surface area contributed by atoms with Gasteiger partial charge < -0.3 is 20.5 Å². The van der Waals surface area contributed by atoms with Gasteiger partial charge in [-0.3, -0.25) is 0 Å². The Kier molecular flexibility index (Phi) is 5.28. The highest BCUT2D eigenvalue weighted by Gasteiger charge is 2.03. The van der Waals surface area contributed by atoms with Crippen molar-refractivity contribution in [2.24, 2.45) is 0 Å². The lowest BCUT2D eigenvalue weighted by atomic mass is 10.2. The number of anilines is 3. The Bertz CT molecular complexity index is 880. The summed E-state index contributed by atoms with van der Waals surface area (Å²) in [5.74, 6) is 1.15. The Labute approximate surface area is 150 Å². The molecule has 0 saturated carbocycles. The number of carbonyl (C=O) groups is 1. The molecule has 0 bridgehead atoms. The average molecular weight is 350 g/mol. The number of carboxylic acids is 1. The maximum absolute atomic E-state index is 10.9. The molecule has 0 atom stereocenters. The molecule has 26 heavy (non-hydrogen) atoms. The van der Waals surface area contributed by atoms with Crippen molar-refractivity contribution < 1.29 is 14.6 Å². The van der Waals surface area contributed by atoms with E-state index in [0.29, 0.717) is 18.2 Å². The van der Waals surface area contributed by atoms with Gasteiger partial charge in [0.05, 0.1) is 12.7 Å². The summed E-state index contributed by atoms with van der Waals surface area (Å²) < 4.78 is 5.14. The predicted molar refractivity (Wildman–Crippen MR) is 99.0 cm³/mol. The lowest BCUT2D eigenvalue weighted by Crippen LogP contribution is -2.03. The van der Waals surface area contributed by atoms with Crippen LogP contribution in [0.25, 0.3) is 0 Å². The molecule has 0 saturated heterocycles. The molecule has 0 fully saturated rings. The fourth-order valence-electron chi connectivity index (χ4n) is 2.30. The molecule has 7 heteroatoms. The van der Waals surface area contributed by atoms with Crippen molar-refractivity contribution in [3.63, 3.8) is 0 Å². The highest BCUT2D eigenvalue weighted by molar-refractivity contribution is 5.88. The summed E-state index contributed by atoms with van der Waals surface area (Å²) in [7, 11) is 1.64. The van der Waals surface area contributed by atoms with E-state index in [1.165, 1.54) is 18.5 Å². The van der Waals surface area contributed by atoms with Crippen molar-refractivity contribution in [3.05, 3.63) is 72.1 Å². The molecule has 3 aromatic rings. The summed E-state index contributed by atoms with van der Waals surface area (Å²) in [5, 5.41) is 15.3. The minimum absolute atomic E-state index is 0.236. The molecule has 0 unspecified atom stereocenters. The van der Waals surface area contributed by atoms with Gasteiger partial charge in [-0.15, -0.1) is 0 Å². The number of hydrogen-bond acceptors (Lipinski definition) is 6. The fraction of sp³-hybridized carbons (Fsp3) is 0.105. The third-order valence-electron chi connectivity index (χ3n) is 3.70. The van der Waals surface area contributed by atoms with E-state index in [9.17, 15) is 4.79 Å². The normalized spacial score (nSPS) is 10.2. The summed E-state index contributed by atoms with van der Waals surface area (Å²) in [6, 6.07) is 16.0. The molecule has 1 heterocycles. The molecule has 3 rings (SSSR count). The second-order valence-electron chi connectivity index (χ2n) is 5.50. The molecule has 3 N–H and O–H groups in total. The number of carboxylic acid groups (broad SMARTS) is 1. The van der Waals surface area contributed by atoms with E-state index in [1.54, 1.807) is 25.3 Å². The summed E-state index contributed by atoms with van der Waals surface area (Å²) >= 11 is 0. The molecule has 0 radical (unpaired) electrons. The summed E-state index contributed by atoms with van der Waals surface area (Å²) in [6.45, 7) is 0.619. The van der Waals surface area contributed by atoms with Gasteiger partial charge in [-0.05, 0) is 42.0 Å². The number of ether oxygens (including phenoxy) is 1. The van der Waals surface area contributed by atoms with Crippen LogP contribution in [0.1, 0.15) is 15.9 Å². The van der Waals surface area contributed by atoms with Gasteiger partial charge in [0, 0.05) is 18.3 Å². The summed E-state index contributed by atoms with van der Waals surface area (Å²) in [5.41, 5.74) is 2.08. The Morgan fingerprint density at radius 3 is 2.38 bits per heavy atom. The average Bonchev–Trinajstić information content (AvgIpc) is 2.67. The van der Waals surface area contributed by atoms with E-state index in [1.807, 2.05) is 24.3 Å². The molecular weight excluding hydrogens is 332 g/mol. The van der Waals surface area contributed by atoms with Crippen LogP contribution in [0, 0.1) is 0 Å². The maximum Gasteiger partial charge on any atom is 0.335 e. The minimum atomic E-state index is -0.955. The van der Waals surface area contributed by atoms with Crippen molar-refractivity contribution in [1.29, 1.82) is 0 Å². The first-order valence-electron chi connectivity index (χ1n) is 7.93. The molecule has 0 aliphatic rings. The van der Waals surface area contributed by atoms with Crippen LogP contribution in [0.15, 0.2) is 60.9 Å². The van der Waals surface area contributed by atoms with Gasteiger partial charge in [-0.1, -0.05) is 12.1 Å². The largest absolute Gasteiger partial charge is 0.497 e. The number of nitrogens with zero attached hydrogens (tertiary/aromatic N) is 2. The van der Waals surface area contributed by atoms with Crippen LogP contribution < -0.4 is 15.4 Å². The van der Waals surface area contributed by atoms with E-state index in [0.717, 1.165) is 17.0 Å². The van der Waals surface area contributed by atoms with Gasteiger partial charge in [0.2, 0.25) is 0 Å². The molecule has 0 aliphatic heterocycles. The first-order valence-corrected chi connectivity index (χ1v) is 7.93. The number of rotatable bonds is 7. The lowest BCUT2D eigenvalue weighted by molar-refractivity contribution is 0.0697. The molecule has 1 aromatic heterocycles. The van der Waals surface area contributed by atoms with E-state index in [2.05, 4.69) is 20.6 Å². The van der Waals surface area contributed by atoms with Crippen molar-refractivity contribution in [1.82, 2.24) is 9.97 Å². The third kappa shape index (κ3) is 4.47. The van der Waals surface area contributed by atoms with Gasteiger partial charge in [0.25, 0.3) is 0 Å². The predicted octanol–water partition coefficient (Wildman–Crippen LogP) is 3.54. The molecule has 0 amide bonds. The van der Waals surface area contributed by atoms with Gasteiger partial charge in [0.15, 0.2) is 0 Å². The molecule has 0 spiro atoms. The van der Waals surface area contributed by atoms with Crippen molar-refractivity contribution >= 4 is 23.3 Å². The van der Waals surface area contributed by atoms with Crippen LogP contribution in [0.5, 0.6) is 5.75 Å². The smallest absolute Gasteiger partial charge is 0.335 e. The first-order chi connectivity index (χ1) is 12.6. The number of methoxy groups -OCH3 is 1. The zero-order chi connectivity index (χ0) is 18.4. The van der Waals surface area contributed by atoms with E-state index in [4.69, 9.17) is 9.84 Å². The summed E-state index contributed by atoms with van der Waals surface area (Å²) in [6.07, 6.45) is 1.46. The van der Waals surface area contributed by atoms with Gasteiger partial charge in [-0.2, -0.15) is 0 Å². The Hall–Kier alpha value is -3.61. The van der Waals surface area contributed by atoms with Crippen molar-refractivity contribution in [3.8, 4) is 5.75 Å². The van der Waals surface area contributed by atoms with Gasteiger partial charge >= 0.3 is 5.97 Å². The zero-order valence-electron chi connectivity index (χ0n) is 14.1. The highest BCUT2D eigenvalue weighted by Crippen LogP contribution is 2.18. The molecule has 132 valence electrons. The zero-order valence-corrected chi connectivity index (χ0v) is 14.1. The quantitative estimate of drug-likeness (QED) is 0.600. The van der Waals surface area contributed by atoms with Crippen molar-refractivity contribution in [2.45, 2.75) is 6.54 Å². The third-order valence-corrected chi connectivity index (χ3v) is 3.70. The Morgan fingerprint density at radius 1 is 1.04 bits per heavy atom. The number of nitrogens with one attached hydrogen (secondary N) is 2. The second kappa shape index (κ2) is 7.98. The Morgan fingerprint density at radius 2 is 1.73 bits per heavy atom. The molecule has 7 nitrogen and oxygen atoms in total. The number of aromatic carboxylic acids is 1. The standard InChI is InChI=1S/C19H18N4O3/c1-26-16-8-2-13(3-9-16)11-20-17-10-18(22-12-21-17)23-15-6-4-14(5-7-15)19(24)25/h2-10,12H,11H2,1H3,(H,24,25)(H2,20,21,22,23). The summed E-state index contributed by atoms with van der Waals surface area (Å²) in [4.78, 5) is 19.3. The molecule has 2 aromatic carbocycles. The molecular formula is C19H18N4O3. The van der Waals surface area contributed by atoms with Crippen molar-refractivity contribution in [2.75, 3.05) is 17.7 Å². The number of benzene rings is 2. The number of aromatic nitrogens is 2. The highest BCUT2D eigenvalue weighted by atomic mass is 16.5. The van der Waals surface area contributed by atoms with Crippen LogP contribution in [0.4, 0.5) is 17.3 Å². The lowest BCUT2D eigenvalue weighted by Gasteiger charge is -2.09. The second-order valence-corrected chi connectivity index (χ2v) is 5.50. The topological polar surface area (TPSA) is 96.4 Å². The van der Waals surface area contributed by atoms with E-state index >= 15 is 0 Å². The van der Waals surface area contributed by atoms with E-state index < -0.39 is 5.97 Å². The fourth-order valence-corrected chi connectivity index (χ4v) is 2.30. The van der Waals surface area contributed by atoms with E-state index in [-0.39, 0.29) is 5.56 Å². The van der Waals surface area contributed by atoms with Gasteiger partial charge in [0.1, 0.15) is 23.7 Å². The monoisotopic (exact) mass is 350 g/mol. The van der Waals surface area contributed by atoms with Crippen LogP contribution in [-0.4, -0.2) is 28.2 Å². The van der Waals surface area contributed by atoms with Crippen LogP contribution in [-0.2, 0) is 6.54 Å². The first kappa shape index (κ1) is 17.2. The van der Waals surface area contributed by atoms with Crippen LogP contribution in [0.3, 0.4) is 0 Å². The van der Waals surface area contributed by atoms with Crippen LogP contribution in [0.2, 0.25) is 0 Å². The minimum Gasteiger partial charge on any atom is -0.497 e. The Balaban J connectivity index is 1.62. The van der Waals surface area contributed by atoms with Crippen LogP contribution >= 0.6 is 0 Å². The maximum atomic E-state index is 10.9. The van der Waals surface area contributed by atoms with Gasteiger partial charge in [-0.25, -0.2) is 14.8 Å². The number of hydrogen-bond donors (Lipinski definition) is 3. The SMILES string of the molecule is COc1ccc(CNc2cc(Nc3ccc(C(=O)O)cc3)ncn2)cc1.